The summed E-state index contributed by atoms with van der Waals surface area (Å²) in [5, 5.41) is 3.02. The number of benzene rings is 2. The predicted molar refractivity (Wildman–Crippen MR) is 116 cm³/mol. The van der Waals surface area contributed by atoms with E-state index >= 15 is 0 Å². The van der Waals surface area contributed by atoms with Crippen LogP contribution in [-0.2, 0) is 27.7 Å². The molecule has 0 heterocycles. The lowest BCUT2D eigenvalue weighted by molar-refractivity contribution is -0.121. The van der Waals surface area contributed by atoms with Gasteiger partial charge in [-0.05, 0) is 62.8 Å². The van der Waals surface area contributed by atoms with Crippen molar-refractivity contribution in [2.45, 2.75) is 37.1 Å². The number of rotatable bonds is 10. The molecule has 0 aliphatic heterocycles. The summed E-state index contributed by atoms with van der Waals surface area (Å²) in [7, 11) is 1.95. The predicted octanol–water partition coefficient (Wildman–Crippen LogP) is 2.51. The molecule has 0 aliphatic rings. The molecule has 29 heavy (non-hydrogen) atoms. The Morgan fingerprint density at radius 2 is 1.59 bits per heavy atom. The lowest BCUT2D eigenvalue weighted by Crippen LogP contribution is -2.34. The largest absolute Gasteiger partial charge is 0.354 e. The molecular formula is C22H31N3O3S. The normalized spacial score (nSPS) is 12.7. The fourth-order valence-electron chi connectivity index (χ4n) is 3.08. The van der Waals surface area contributed by atoms with E-state index < -0.39 is 10.0 Å². The van der Waals surface area contributed by atoms with Crippen molar-refractivity contribution in [1.29, 1.82) is 0 Å². The summed E-state index contributed by atoms with van der Waals surface area (Å²) in [5.41, 5.74) is 3.40. The van der Waals surface area contributed by atoms with Crippen molar-refractivity contribution >= 4 is 15.9 Å². The SMILES string of the molecule is CCc1ccc(C(CNC(=O)CCc2ccc(S(=O)(=O)NC)cc2)N(C)C)cc1. The summed E-state index contributed by atoms with van der Waals surface area (Å²) in [5.74, 6) is -0.0195. The molecule has 0 aliphatic carbocycles. The van der Waals surface area contributed by atoms with Gasteiger partial charge in [-0.15, -0.1) is 0 Å². The van der Waals surface area contributed by atoms with E-state index in [2.05, 4.69) is 46.1 Å². The summed E-state index contributed by atoms with van der Waals surface area (Å²) in [6.45, 7) is 2.67. The van der Waals surface area contributed by atoms with Gasteiger partial charge in [0.2, 0.25) is 15.9 Å². The first-order chi connectivity index (χ1) is 13.8. The Labute approximate surface area is 174 Å². The molecule has 1 atom stereocenters. The number of carbonyl (C=O) groups is 1. The Hall–Kier alpha value is -2.22. The van der Waals surface area contributed by atoms with Crippen molar-refractivity contribution in [2.75, 3.05) is 27.7 Å². The highest BCUT2D eigenvalue weighted by molar-refractivity contribution is 7.89. The first kappa shape index (κ1) is 23.1. The molecule has 2 aromatic rings. The molecule has 0 saturated carbocycles. The maximum Gasteiger partial charge on any atom is 0.240 e. The minimum atomic E-state index is -3.44. The van der Waals surface area contributed by atoms with Gasteiger partial charge in [0.25, 0.3) is 0 Å². The van der Waals surface area contributed by atoms with Crippen LogP contribution in [0.1, 0.15) is 36.1 Å². The zero-order valence-corrected chi connectivity index (χ0v) is 18.4. The first-order valence-corrected chi connectivity index (χ1v) is 11.3. The van der Waals surface area contributed by atoms with Gasteiger partial charge in [-0.1, -0.05) is 43.3 Å². The fraction of sp³-hybridized carbons (Fsp3) is 0.409. The van der Waals surface area contributed by atoms with Crippen LogP contribution in [0.25, 0.3) is 0 Å². The molecule has 7 heteroatoms. The summed E-state index contributed by atoms with van der Waals surface area (Å²) in [4.78, 5) is 14.6. The van der Waals surface area contributed by atoms with Gasteiger partial charge in [0.05, 0.1) is 10.9 Å². The van der Waals surface area contributed by atoms with E-state index in [9.17, 15) is 13.2 Å². The van der Waals surface area contributed by atoms with Crippen molar-refractivity contribution < 1.29 is 13.2 Å². The zero-order valence-electron chi connectivity index (χ0n) is 17.6. The Bertz CT molecular complexity index is 892. The van der Waals surface area contributed by atoms with E-state index in [-0.39, 0.29) is 16.8 Å². The van der Waals surface area contributed by atoms with Gasteiger partial charge in [-0.3, -0.25) is 4.79 Å². The van der Waals surface area contributed by atoms with Crippen LogP contribution in [0, 0.1) is 0 Å². The van der Waals surface area contributed by atoms with Gasteiger partial charge < -0.3 is 10.2 Å². The number of carbonyl (C=O) groups excluding carboxylic acids is 1. The molecule has 0 spiro atoms. The van der Waals surface area contributed by atoms with Crippen LogP contribution in [0.4, 0.5) is 0 Å². The smallest absolute Gasteiger partial charge is 0.240 e. The second-order valence-corrected chi connectivity index (χ2v) is 9.12. The highest BCUT2D eigenvalue weighted by Gasteiger charge is 2.15. The number of aryl methyl sites for hydroxylation is 2. The molecule has 0 saturated heterocycles. The summed E-state index contributed by atoms with van der Waals surface area (Å²) < 4.78 is 25.8. The molecule has 158 valence electrons. The molecule has 0 aromatic heterocycles. The number of hydrogen-bond acceptors (Lipinski definition) is 4. The van der Waals surface area contributed by atoms with E-state index in [1.807, 2.05) is 14.1 Å². The van der Waals surface area contributed by atoms with Crippen LogP contribution in [-0.4, -0.2) is 46.9 Å². The summed E-state index contributed by atoms with van der Waals surface area (Å²) >= 11 is 0. The van der Waals surface area contributed by atoms with Crippen LogP contribution >= 0.6 is 0 Å². The Balaban J connectivity index is 1.89. The number of amides is 1. The lowest BCUT2D eigenvalue weighted by Gasteiger charge is -2.25. The molecule has 2 aromatic carbocycles. The van der Waals surface area contributed by atoms with Gasteiger partial charge >= 0.3 is 0 Å². The Kier molecular flexibility index (Phi) is 8.37. The maximum atomic E-state index is 12.3. The van der Waals surface area contributed by atoms with E-state index in [0.717, 1.165) is 12.0 Å². The third kappa shape index (κ3) is 6.66. The van der Waals surface area contributed by atoms with Crippen LogP contribution in [0.2, 0.25) is 0 Å². The van der Waals surface area contributed by atoms with Gasteiger partial charge in [-0.25, -0.2) is 13.1 Å². The number of hydrogen-bond donors (Lipinski definition) is 2. The molecule has 1 unspecified atom stereocenters. The minimum absolute atomic E-state index is 0.0195. The standard InChI is InChI=1S/C22H31N3O3S/c1-5-17-6-11-19(12-7-17)21(25(3)4)16-24-22(26)15-10-18-8-13-20(14-9-18)29(27,28)23-2/h6-9,11-14,21,23H,5,10,15-16H2,1-4H3,(H,24,26). The Morgan fingerprint density at radius 1 is 1.00 bits per heavy atom. The topological polar surface area (TPSA) is 78.5 Å². The lowest BCUT2D eigenvalue weighted by atomic mass is 10.0. The highest BCUT2D eigenvalue weighted by atomic mass is 32.2. The van der Waals surface area contributed by atoms with Crippen molar-refractivity contribution in [3.63, 3.8) is 0 Å². The number of nitrogens with zero attached hydrogens (tertiary/aromatic N) is 1. The molecule has 0 bridgehead atoms. The van der Waals surface area contributed by atoms with Crippen molar-refractivity contribution in [3.8, 4) is 0 Å². The quantitative estimate of drug-likeness (QED) is 0.623. The molecular weight excluding hydrogens is 386 g/mol. The van der Waals surface area contributed by atoms with Crippen LogP contribution < -0.4 is 10.0 Å². The minimum Gasteiger partial charge on any atom is -0.354 e. The van der Waals surface area contributed by atoms with Crippen LogP contribution in [0.3, 0.4) is 0 Å². The number of sulfonamides is 1. The van der Waals surface area contributed by atoms with E-state index in [0.29, 0.717) is 19.4 Å². The van der Waals surface area contributed by atoms with E-state index in [1.165, 1.54) is 18.2 Å². The average Bonchev–Trinajstić information content (AvgIpc) is 2.73. The van der Waals surface area contributed by atoms with Crippen molar-refractivity contribution in [2.24, 2.45) is 0 Å². The molecule has 6 nitrogen and oxygen atoms in total. The average molecular weight is 418 g/mol. The third-order valence-electron chi connectivity index (χ3n) is 5.03. The molecule has 2 rings (SSSR count). The van der Waals surface area contributed by atoms with Gasteiger partial charge in [0, 0.05) is 13.0 Å². The Morgan fingerprint density at radius 3 is 2.10 bits per heavy atom. The summed E-state index contributed by atoms with van der Waals surface area (Å²) in [6, 6.07) is 15.2. The van der Waals surface area contributed by atoms with E-state index in [1.54, 1.807) is 24.3 Å². The maximum absolute atomic E-state index is 12.3. The second kappa shape index (κ2) is 10.5. The van der Waals surface area contributed by atoms with Gasteiger partial charge in [0.1, 0.15) is 0 Å². The van der Waals surface area contributed by atoms with Crippen molar-refractivity contribution in [3.05, 3.63) is 65.2 Å². The first-order valence-electron chi connectivity index (χ1n) is 9.81. The molecule has 2 N–H and O–H groups in total. The van der Waals surface area contributed by atoms with Crippen LogP contribution in [0.5, 0.6) is 0 Å². The molecule has 0 radical (unpaired) electrons. The fourth-order valence-corrected chi connectivity index (χ4v) is 3.81. The monoisotopic (exact) mass is 417 g/mol. The molecule has 1 amide bonds. The second-order valence-electron chi connectivity index (χ2n) is 7.23. The van der Waals surface area contributed by atoms with Crippen molar-refractivity contribution in [1.82, 2.24) is 14.9 Å². The van der Waals surface area contributed by atoms with Gasteiger partial charge in [-0.2, -0.15) is 0 Å². The van der Waals surface area contributed by atoms with Crippen LogP contribution in [0.15, 0.2) is 53.4 Å². The summed E-state index contributed by atoms with van der Waals surface area (Å²) in [6.07, 6.45) is 1.92. The molecule has 0 fully saturated rings. The van der Waals surface area contributed by atoms with E-state index in [4.69, 9.17) is 0 Å². The zero-order chi connectivity index (χ0) is 21.4. The third-order valence-corrected chi connectivity index (χ3v) is 6.46. The number of nitrogens with one attached hydrogen (secondary N) is 2. The number of likely N-dealkylation sites (N-methyl/N-ethyl adjacent to an activating group) is 1. The highest BCUT2D eigenvalue weighted by Crippen LogP contribution is 2.18. The van der Waals surface area contributed by atoms with Gasteiger partial charge in [0.15, 0.2) is 0 Å².